The molecule has 0 aromatic carbocycles. The van der Waals surface area contributed by atoms with Gasteiger partial charge in [0.1, 0.15) is 0 Å². The van der Waals surface area contributed by atoms with Gasteiger partial charge in [-0.1, -0.05) is 34.6 Å². The molecule has 2 N–H and O–H groups in total. The first-order valence-corrected chi connectivity index (χ1v) is 4.77. The third-order valence-corrected chi connectivity index (χ3v) is 3.39. The van der Waals surface area contributed by atoms with E-state index in [1.54, 1.807) is 0 Å². The first-order chi connectivity index (χ1) is 5.36. The lowest BCUT2D eigenvalue weighted by molar-refractivity contribution is -0.00424. The SMILES string of the molecule is CC(C)[C@@H](C)[C@](C)(NO)C(C)C. The van der Waals surface area contributed by atoms with Crippen LogP contribution in [0.25, 0.3) is 0 Å². The summed E-state index contributed by atoms with van der Waals surface area (Å²) in [6, 6.07) is 0. The minimum absolute atomic E-state index is 0.172. The third-order valence-electron chi connectivity index (χ3n) is 3.39. The number of hydrogen-bond donors (Lipinski definition) is 2. The summed E-state index contributed by atoms with van der Waals surface area (Å²) < 4.78 is 0. The zero-order valence-corrected chi connectivity index (χ0v) is 9.18. The maximum atomic E-state index is 9.12. The van der Waals surface area contributed by atoms with Crippen LogP contribution in [-0.4, -0.2) is 10.7 Å². The van der Waals surface area contributed by atoms with E-state index in [0.717, 1.165) is 0 Å². The van der Waals surface area contributed by atoms with E-state index in [9.17, 15) is 0 Å². The molecule has 0 saturated heterocycles. The Hall–Kier alpha value is -0.0800. The van der Waals surface area contributed by atoms with Crippen molar-refractivity contribution >= 4 is 0 Å². The van der Waals surface area contributed by atoms with Crippen LogP contribution < -0.4 is 5.48 Å². The maximum absolute atomic E-state index is 9.12. The highest BCUT2D eigenvalue weighted by atomic mass is 16.5. The van der Waals surface area contributed by atoms with E-state index in [-0.39, 0.29) is 5.54 Å². The molecule has 2 nitrogen and oxygen atoms in total. The largest absolute Gasteiger partial charge is 0.316 e. The smallest absolute Gasteiger partial charge is 0.0452 e. The molecule has 0 amide bonds. The van der Waals surface area contributed by atoms with Crippen LogP contribution in [-0.2, 0) is 0 Å². The van der Waals surface area contributed by atoms with E-state index in [1.807, 2.05) is 0 Å². The quantitative estimate of drug-likeness (QED) is 0.641. The van der Waals surface area contributed by atoms with Gasteiger partial charge in [-0.05, 0) is 24.7 Å². The zero-order chi connectivity index (χ0) is 9.94. The molecule has 0 radical (unpaired) electrons. The van der Waals surface area contributed by atoms with Gasteiger partial charge in [0.05, 0.1) is 0 Å². The predicted molar refractivity (Wildman–Crippen MR) is 52.2 cm³/mol. The Labute approximate surface area is 76.3 Å². The van der Waals surface area contributed by atoms with Crippen molar-refractivity contribution in [1.29, 1.82) is 0 Å². The van der Waals surface area contributed by atoms with Gasteiger partial charge in [0, 0.05) is 5.54 Å². The molecule has 0 saturated carbocycles. The van der Waals surface area contributed by atoms with Crippen LogP contribution in [0.5, 0.6) is 0 Å². The van der Waals surface area contributed by atoms with Gasteiger partial charge in [0.2, 0.25) is 0 Å². The summed E-state index contributed by atoms with van der Waals surface area (Å²) in [6.45, 7) is 12.9. The van der Waals surface area contributed by atoms with Crippen LogP contribution in [0.1, 0.15) is 41.5 Å². The number of nitrogens with one attached hydrogen (secondary N) is 1. The summed E-state index contributed by atoms with van der Waals surface area (Å²) in [4.78, 5) is 0. The van der Waals surface area contributed by atoms with E-state index < -0.39 is 0 Å². The monoisotopic (exact) mass is 173 g/mol. The van der Waals surface area contributed by atoms with E-state index in [1.165, 1.54) is 0 Å². The van der Waals surface area contributed by atoms with Crippen molar-refractivity contribution in [3.05, 3.63) is 0 Å². The fourth-order valence-corrected chi connectivity index (χ4v) is 1.45. The molecule has 0 aliphatic heterocycles. The highest BCUT2D eigenvalue weighted by Crippen LogP contribution is 2.30. The average Bonchev–Trinajstić information content (AvgIpc) is 2.01. The molecule has 0 unspecified atom stereocenters. The zero-order valence-electron chi connectivity index (χ0n) is 9.18. The van der Waals surface area contributed by atoms with E-state index in [4.69, 9.17) is 5.21 Å². The Kier molecular flexibility index (Phi) is 4.21. The number of rotatable bonds is 4. The maximum Gasteiger partial charge on any atom is 0.0452 e. The Balaban J connectivity index is 4.51. The fourth-order valence-electron chi connectivity index (χ4n) is 1.45. The summed E-state index contributed by atoms with van der Waals surface area (Å²) in [5.74, 6) is 1.47. The molecule has 0 fully saturated rings. The van der Waals surface area contributed by atoms with Gasteiger partial charge >= 0.3 is 0 Å². The third kappa shape index (κ3) is 2.20. The molecule has 0 spiro atoms. The van der Waals surface area contributed by atoms with Crippen molar-refractivity contribution in [2.24, 2.45) is 17.8 Å². The second-order valence-corrected chi connectivity index (χ2v) is 4.58. The van der Waals surface area contributed by atoms with Crippen LogP contribution >= 0.6 is 0 Å². The van der Waals surface area contributed by atoms with Crippen LogP contribution in [0.15, 0.2) is 0 Å². The molecule has 0 aliphatic rings. The fraction of sp³-hybridized carbons (Fsp3) is 1.00. The van der Waals surface area contributed by atoms with E-state index in [2.05, 4.69) is 47.0 Å². The van der Waals surface area contributed by atoms with Crippen LogP contribution in [0, 0.1) is 17.8 Å². The summed E-state index contributed by atoms with van der Waals surface area (Å²) in [6.07, 6.45) is 0. The lowest BCUT2D eigenvalue weighted by Gasteiger charge is -2.40. The normalized spacial score (nSPS) is 19.8. The van der Waals surface area contributed by atoms with Gasteiger partial charge in [-0.2, -0.15) is 5.48 Å². The highest BCUT2D eigenvalue weighted by molar-refractivity contribution is 4.89. The van der Waals surface area contributed by atoms with Crippen LogP contribution in [0.4, 0.5) is 0 Å². The first-order valence-electron chi connectivity index (χ1n) is 4.77. The molecule has 2 heteroatoms. The molecule has 0 bridgehead atoms. The molecule has 0 rings (SSSR count). The van der Waals surface area contributed by atoms with Gasteiger partial charge in [-0.25, -0.2) is 0 Å². The lowest BCUT2D eigenvalue weighted by Crippen LogP contribution is -2.52. The van der Waals surface area contributed by atoms with Gasteiger partial charge in [0.25, 0.3) is 0 Å². The topological polar surface area (TPSA) is 32.3 Å². The van der Waals surface area contributed by atoms with Gasteiger partial charge in [-0.3, -0.25) is 0 Å². The minimum Gasteiger partial charge on any atom is -0.316 e. The number of hydrogen-bond acceptors (Lipinski definition) is 2. The van der Waals surface area contributed by atoms with Crippen LogP contribution in [0.3, 0.4) is 0 Å². The second kappa shape index (κ2) is 4.24. The molecule has 0 aromatic rings. The molecule has 0 heterocycles. The Morgan fingerprint density at radius 1 is 1.08 bits per heavy atom. The summed E-state index contributed by atoms with van der Waals surface area (Å²) in [5, 5.41) is 9.12. The summed E-state index contributed by atoms with van der Waals surface area (Å²) >= 11 is 0. The van der Waals surface area contributed by atoms with Crippen LogP contribution in [0.2, 0.25) is 0 Å². The Morgan fingerprint density at radius 2 is 1.50 bits per heavy atom. The molecule has 0 aliphatic carbocycles. The average molecular weight is 173 g/mol. The predicted octanol–water partition coefficient (Wildman–Crippen LogP) is 2.67. The minimum atomic E-state index is -0.172. The van der Waals surface area contributed by atoms with Gasteiger partial charge in [0.15, 0.2) is 0 Å². The molecule has 0 aromatic heterocycles. The molecular weight excluding hydrogens is 150 g/mol. The number of hydroxylamine groups is 1. The molecular formula is C10H23NO. The van der Waals surface area contributed by atoms with Crippen molar-refractivity contribution in [3.8, 4) is 0 Å². The van der Waals surface area contributed by atoms with E-state index >= 15 is 0 Å². The Morgan fingerprint density at radius 3 is 1.58 bits per heavy atom. The highest BCUT2D eigenvalue weighted by Gasteiger charge is 2.35. The first kappa shape index (κ1) is 11.9. The van der Waals surface area contributed by atoms with Crippen molar-refractivity contribution < 1.29 is 5.21 Å². The standard InChI is InChI=1S/C10H23NO/c1-7(2)9(5)10(6,11-12)8(3)4/h7-9,11-12H,1-6H3/t9-,10-/m1/s1. The van der Waals surface area contributed by atoms with Gasteiger partial charge in [-0.15, -0.1) is 0 Å². The van der Waals surface area contributed by atoms with Crippen molar-refractivity contribution in [3.63, 3.8) is 0 Å². The van der Waals surface area contributed by atoms with Crippen molar-refractivity contribution in [2.45, 2.75) is 47.1 Å². The van der Waals surface area contributed by atoms with Crippen molar-refractivity contribution in [2.75, 3.05) is 0 Å². The summed E-state index contributed by atoms with van der Waals surface area (Å²) in [5.41, 5.74) is 2.29. The molecule has 74 valence electrons. The van der Waals surface area contributed by atoms with Gasteiger partial charge < -0.3 is 5.21 Å². The summed E-state index contributed by atoms with van der Waals surface area (Å²) in [7, 11) is 0. The molecule has 12 heavy (non-hydrogen) atoms. The molecule has 2 atom stereocenters. The van der Waals surface area contributed by atoms with Crippen molar-refractivity contribution in [1.82, 2.24) is 5.48 Å². The lowest BCUT2D eigenvalue weighted by atomic mass is 9.73. The second-order valence-electron chi connectivity index (χ2n) is 4.58. The van der Waals surface area contributed by atoms with E-state index in [0.29, 0.717) is 17.8 Å². The Bertz CT molecular complexity index is 134.